The molecular weight excluding hydrogens is 268 g/mol. The zero-order valence-electron chi connectivity index (χ0n) is 10.3. The van der Waals surface area contributed by atoms with Crippen molar-refractivity contribution in [3.8, 4) is 0 Å². The molecule has 3 rings (SSSR count). The molecule has 3 aromatic heterocycles. The van der Waals surface area contributed by atoms with Crippen molar-refractivity contribution in [2.75, 3.05) is 5.32 Å². The van der Waals surface area contributed by atoms with Crippen molar-refractivity contribution in [2.45, 2.75) is 13.0 Å². The summed E-state index contributed by atoms with van der Waals surface area (Å²) in [5.74, 6) is 1.95. The number of hydrogen-bond donors (Lipinski definition) is 1. The highest BCUT2D eigenvalue weighted by Crippen LogP contribution is 2.19. The number of nitrogens with one attached hydrogen (secondary N) is 1. The van der Waals surface area contributed by atoms with Crippen LogP contribution in [0.2, 0.25) is 5.15 Å². The van der Waals surface area contributed by atoms with Gasteiger partial charge in [-0.1, -0.05) is 11.6 Å². The maximum Gasteiger partial charge on any atom is 0.255 e. The van der Waals surface area contributed by atoms with Gasteiger partial charge in [0.25, 0.3) is 5.78 Å². The molecule has 0 aliphatic heterocycles. The van der Waals surface area contributed by atoms with Gasteiger partial charge in [0, 0.05) is 13.1 Å². The maximum atomic E-state index is 5.95. The fourth-order valence-corrected chi connectivity index (χ4v) is 2.04. The number of nitrogens with zero attached hydrogens (tertiary/aromatic N) is 7. The molecule has 1 unspecified atom stereocenters. The van der Waals surface area contributed by atoms with Crippen molar-refractivity contribution >= 4 is 23.2 Å². The molecule has 0 amide bonds. The van der Waals surface area contributed by atoms with Gasteiger partial charge < -0.3 is 9.88 Å². The van der Waals surface area contributed by atoms with Crippen LogP contribution in [0.3, 0.4) is 0 Å². The number of aryl methyl sites for hydroxylation is 1. The first-order valence-corrected chi connectivity index (χ1v) is 5.99. The molecule has 0 fully saturated rings. The average molecular weight is 279 g/mol. The Hall–Kier alpha value is -2.22. The second-order valence-corrected chi connectivity index (χ2v) is 4.49. The molecule has 0 radical (unpaired) electrons. The number of aromatic nitrogens is 7. The van der Waals surface area contributed by atoms with Crippen LogP contribution < -0.4 is 5.32 Å². The summed E-state index contributed by atoms with van der Waals surface area (Å²) in [5, 5.41) is 15.6. The Morgan fingerprint density at radius 1 is 1.42 bits per heavy atom. The molecule has 0 spiro atoms. The fraction of sp³-hybridized carbons (Fsp3) is 0.300. The SMILES string of the molecule is CC(Nc1cc(Cl)nc2ncnn12)c1nncn1C. The van der Waals surface area contributed by atoms with Crippen LogP contribution in [0.4, 0.5) is 5.82 Å². The third-order valence-corrected chi connectivity index (χ3v) is 2.91. The van der Waals surface area contributed by atoms with Crippen LogP contribution in [0.1, 0.15) is 18.8 Å². The minimum absolute atomic E-state index is 0.0571. The van der Waals surface area contributed by atoms with E-state index in [0.29, 0.717) is 16.7 Å². The molecule has 1 atom stereocenters. The van der Waals surface area contributed by atoms with Gasteiger partial charge >= 0.3 is 0 Å². The molecule has 0 aromatic carbocycles. The quantitative estimate of drug-likeness (QED) is 0.722. The smallest absolute Gasteiger partial charge is 0.255 e. The summed E-state index contributed by atoms with van der Waals surface area (Å²) in [6, 6.07) is 1.63. The van der Waals surface area contributed by atoms with E-state index < -0.39 is 0 Å². The predicted molar refractivity (Wildman–Crippen MR) is 68.8 cm³/mol. The Balaban J connectivity index is 1.97. The molecule has 98 valence electrons. The zero-order chi connectivity index (χ0) is 13.4. The Bertz CT molecular complexity index is 717. The third kappa shape index (κ3) is 2.10. The summed E-state index contributed by atoms with van der Waals surface area (Å²) in [6.07, 6.45) is 3.08. The van der Waals surface area contributed by atoms with E-state index in [4.69, 9.17) is 11.6 Å². The molecule has 8 nitrogen and oxygen atoms in total. The van der Waals surface area contributed by atoms with Gasteiger partial charge in [-0.15, -0.1) is 10.2 Å². The van der Waals surface area contributed by atoms with Crippen molar-refractivity contribution in [3.05, 3.63) is 29.7 Å². The molecule has 3 heterocycles. The summed E-state index contributed by atoms with van der Waals surface area (Å²) in [6.45, 7) is 1.97. The highest BCUT2D eigenvalue weighted by atomic mass is 35.5. The molecule has 1 N–H and O–H groups in total. The van der Waals surface area contributed by atoms with Gasteiger partial charge in [0.05, 0.1) is 6.04 Å². The van der Waals surface area contributed by atoms with Gasteiger partial charge in [-0.3, -0.25) is 0 Å². The van der Waals surface area contributed by atoms with Gasteiger partial charge in [0.2, 0.25) is 0 Å². The summed E-state index contributed by atoms with van der Waals surface area (Å²) in [7, 11) is 1.89. The first-order valence-electron chi connectivity index (χ1n) is 5.62. The number of rotatable bonds is 3. The Morgan fingerprint density at radius 2 is 2.26 bits per heavy atom. The molecule has 3 aromatic rings. The first kappa shape index (κ1) is 11.8. The van der Waals surface area contributed by atoms with Crippen molar-refractivity contribution in [1.82, 2.24) is 34.3 Å². The summed E-state index contributed by atoms with van der Waals surface area (Å²) in [4.78, 5) is 8.08. The van der Waals surface area contributed by atoms with Gasteiger partial charge in [0.15, 0.2) is 5.82 Å². The van der Waals surface area contributed by atoms with E-state index in [2.05, 4.69) is 30.6 Å². The summed E-state index contributed by atoms with van der Waals surface area (Å²) < 4.78 is 3.43. The lowest BCUT2D eigenvalue weighted by Crippen LogP contribution is -2.14. The van der Waals surface area contributed by atoms with E-state index in [1.807, 2.05) is 18.5 Å². The molecule has 0 saturated heterocycles. The standard InChI is InChI=1S/C10H11ClN8/c1-6(9-17-13-5-18(9)2)15-8-3-7(11)16-10-12-4-14-19(8)10/h3-6,15H,1-2H3. The van der Waals surface area contributed by atoms with Gasteiger partial charge in [-0.25, -0.2) is 0 Å². The highest BCUT2D eigenvalue weighted by Gasteiger charge is 2.14. The number of fused-ring (bicyclic) bond motifs is 1. The first-order chi connectivity index (χ1) is 9.15. The Labute approximate surface area is 113 Å². The lowest BCUT2D eigenvalue weighted by Gasteiger charge is -2.14. The summed E-state index contributed by atoms with van der Waals surface area (Å²) >= 11 is 5.95. The van der Waals surface area contributed by atoms with Crippen LogP contribution >= 0.6 is 11.6 Å². The topological polar surface area (TPSA) is 85.8 Å². The normalized spacial score (nSPS) is 12.8. The van der Waals surface area contributed by atoms with E-state index in [1.54, 1.807) is 16.9 Å². The van der Waals surface area contributed by atoms with Crippen LogP contribution in [-0.2, 0) is 7.05 Å². The van der Waals surface area contributed by atoms with E-state index in [-0.39, 0.29) is 6.04 Å². The van der Waals surface area contributed by atoms with Crippen molar-refractivity contribution in [3.63, 3.8) is 0 Å². The number of hydrogen-bond acceptors (Lipinski definition) is 6. The lowest BCUT2D eigenvalue weighted by atomic mass is 10.3. The Kier molecular flexibility index (Phi) is 2.79. The van der Waals surface area contributed by atoms with Crippen LogP contribution in [0.15, 0.2) is 18.7 Å². The van der Waals surface area contributed by atoms with Crippen molar-refractivity contribution in [1.29, 1.82) is 0 Å². The third-order valence-electron chi connectivity index (χ3n) is 2.72. The predicted octanol–water partition coefficient (Wildman–Crippen LogP) is 1.08. The Morgan fingerprint density at radius 3 is 3.00 bits per heavy atom. The minimum Gasteiger partial charge on any atom is -0.360 e. The van der Waals surface area contributed by atoms with Gasteiger partial charge in [0.1, 0.15) is 23.6 Å². The largest absolute Gasteiger partial charge is 0.360 e. The average Bonchev–Trinajstić information content (AvgIpc) is 2.97. The molecule has 0 bridgehead atoms. The van der Waals surface area contributed by atoms with Crippen LogP contribution in [-0.4, -0.2) is 34.3 Å². The number of halogens is 1. The van der Waals surface area contributed by atoms with Crippen molar-refractivity contribution < 1.29 is 0 Å². The number of anilines is 1. The maximum absolute atomic E-state index is 5.95. The van der Waals surface area contributed by atoms with Crippen LogP contribution in [0.5, 0.6) is 0 Å². The minimum atomic E-state index is -0.0571. The highest BCUT2D eigenvalue weighted by molar-refractivity contribution is 6.29. The summed E-state index contributed by atoms with van der Waals surface area (Å²) in [5.41, 5.74) is 0. The van der Waals surface area contributed by atoms with Gasteiger partial charge in [-0.05, 0) is 6.92 Å². The zero-order valence-corrected chi connectivity index (χ0v) is 11.1. The van der Waals surface area contributed by atoms with Gasteiger partial charge in [-0.2, -0.15) is 19.6 Å². The van der Waals surface area contributed by atoms with Crippen LogP contribution in [0.25, 0.3) is 5.78 Å². The molecule has 0 saturated carbocycles. The lowest BCUT2D eigenvalue weighted by molar-refractivity contribution is 0.711. The van der Waals surface area contributed by atoms with E-state index >= 15 is 0 Å². The molecular formula is C10H11ClN8. The second kappa shape index (κ2) is 4.47. The second-order valence-electron chi connectivity index (χ2n) is 4.10. The molecule has 19 heavy (non-hydrogen) atoms. The van der Waals surface area contributed by atoms with E-state index in [0.717, 1.165) is 5.82 Å². The van der Waals surface area contributed by atoms with Crippen molar-refractivity contribution in [2.24, 2.45) is 7.05 Å². The fourth-order valence-electron chi connectivity index (χ4n) is 1.86. The molecule has 0 aliphatic rings. The van der Waals surface area contributed by atoms with Crippen LogP contribution in [0, 0.1) is 0 Å². The van der Waals surface area contributed by atoms with E-state index in [1.165, 1.54) is 6.33 Å². The molecule has 9 heteroatoms. The van der Waals surface area contributed by atoms with E-state index in [9.17, 15) is 0 Å². The monoisotopic (exact) mass is 278 g/mol. The molecule has 0 aliphatic carbocycles.